The van der Waals surface area contributed by atoms with Gasteiger partial charge in [0, 0.05) is 37.3 Å². The molecule has 0 bridgehead atoms. The number of rotatable bonds is 3. The summed E-state index contributed by atoms with van der Waals surface area (Å²) in [6.45, 7) is 4.07. The van der Waals surface area contributed by atoms with Crippen LogP contribution in [-0.4, -0.2) is 59.6 Å². The minimum Gasteiger partial charge on any atom is -0.477 e. The number of carbonyl (C=O) groups is 2. The summed E-state index contributed by atoms with van der Waals surface area (Å²) in [6, 6.07) is 4.57. The summed E-state index contributed by atoms with van der Waals surface area (Å²) < 4.78 is 19.2. The van der Waals surface area contributed by atoms with Crippen LogP contribution in [0.2, 0.25) is 0 Å². The van der Waals surface area contributed by atoms with Gasteiger partial charge in [-0.25, -0.2) is 9.59 Å². The number of anilines is 1. The first-order chi connectivity index (χ1) is 12.4. The summed E-state index contributed by atoms with van der Waals surface area (Å²) in [5.74, 6) is -1.47. The summed E-state index contributed by atoms with van der Waals surface area (Å²) in [5.41, 5.74) is -0.643. The highest BCUT2D eigenvalue weighted by molar-refractivity contribution is 5.93. The number of carboxylic acids is 1. The fraction of sp³-hybridized carbons (Fsp3) is 0.353. The number of amides is 1. The van der Waals surface area contributed by atoms with Crippen molar-refractivity contribution in [2.45, 2.75) is 6.92 Å². The van der Waals surface area contributed by atoms with Crippen LogP contribution in [0.3, 0.4) is 0 Å². The van der Waals surface area contributed by atoms with E-state index >= 15 is 0 Å². The number of ether oxygens (including phenoxy) is 1. The Balaban J connectivity index is 1.86. The van der Waals surface area contributed by atoms with Crippen molar-refractivity contribution in [3.05, 3.63) is 40.2 Å². The van der Waals surface area contributed by atoms with Gasteiger partial charge in [0.05, 0.1) is 18.3 Å². The molecule has 2 heterocycles. The summed E-state index contributed by atoms with van der Waals surface area (Å²) in [7, 11) is 0. The Labute approximate surface area is 147 Å². The van der Waals surface area contributed by atoms with Crippen LogP contribution >= 0.6 is 0 Å². The molecule has 1 aliphatic rings. The number of carbonyl (C=O) groups excluding carboxylic acids is 1. The monoisotopic (exact) mass is 363 g/mol. The fourth-order valence-corrected chi connectivity index (χ4v) is 2.99. The van der Waals surface area contributed by atoms with Crippen molar-refractivity contribution in [2.24, 2.45) is 0 Å². The van der Waals surface area contributed by atoms with Crippen molar-refractivity contribution >= 4 is 28.7 Å². The molecular weight excluding hydrogens is 345 g/mol. The van der Waals surface area contributed by atoms with Gasteiger partial charge in [-0.2, -0.15) is 4.79 Å². The molecular formula is C17H18FN3O5. The summed E-state index contributed by atoms with van der Waals surface area (Å²) in [4.78, 5) is 38.6. The molecule has 3 rings (SSSR count). The minimum absolute atomic E-state index is 0.00121. The van der Waals surface area contributed by atoms with Gasteiger partial charge in [-0.15, -0.1) is 0 Å². The van der Waals surface area contributed by atoms with Crippen molar-refractivity contribution in [1.29, 1.82) is 0 Å². The van der Waals surface area contributed by atoms with Crippen molar-refractivity contribution in [3.8, 4) is 0 Å². The number of hydrogen-bond acceptors (Lipinski definition) is 5. The van der Waals surface area contributed by atoms with Crippen LogP contribution < -0.4 is 10.3 Å². The van der Waals surface area contributed by atoms with Crippen molar-refractivity contribution in [3.63, 3.8) is 0 Å². The Bertz CT molecular complexity index is 918. The zero-order chi connectivity index (χ0) is 18.8. The van der Waals surface area contributed by atoms with Gasteiger partial charge in [-0.3, -0.25) is 4.79 Å². The van der Waals surface area contributed by atoms with E-state index in [9.17, 15) is 18.9 Å². The Morgan fingerprint density at radius 1 is 1.23 bits per heavy atom. The lowest BCUT2D eigenvalue weighted by atomic mass is 10.1. The maximum atomic E-state index is 14.2. The van der Waals surface area contributed by atoms with Gasteiger partial charge in [-0.1, -0.05) is 4.48 Å². The van der Waals surface area contributed by atoms with Gasteiger partial charge < -0.3 is 19.6 Å². The van der Waals surface area contributed by atoms with E-state index < -0.39 is 17.0 Å². The molecule has 0 saturated carbocycles. The minimum atomic E-state index is -1.47. The van der Waals surface area contributed by atoms with Gasteiger partial charge in [0.15, 0.2) is 0 Å². The molecule has 138 valence electrons. The van der Waals surface area contributed by atoms with Crippen LogP contribution in [0.5, 0.6) is 0 Å². The maximum Gasteiger partial charge on any atom is 0.409 e. The number of piperazine rings is 1. The number of aromatic nitrogens is 1. The summed E-state index contributed by atoms with van der Waals surface area (Å²) >= 11 is 0. The molecule has 2 aromatic rings. The van der Waals surface area contributed by atoms with Gasteiger partial charge in [-0.05, 0) is 25.1 Å². The number of aromatic carboxylic acids is 1. The number of carboxylic acid groups (broad SMARTS) is 1. The lowest BCUT2D eigenvalue weighted by Gasteiger charge is -2.35. The molecule has 0 atom stereocenters. The van der Waals surface area contributed by atoms with E-state index in [2.05, 4.69) is 0 Å². The molecule has 26 heavy (non-hydrogen) atoms. The van der Waals surface area contributed by atoms with Crippen molar-refractivity contribution in [2.75, 3.05) is 37.7 Å². The topological polar surface area (TPSA) is 92.1 Å². The maximum absolute atomic E-state index is 14.2. The zero-order valence-electron chi connectivity index (χ0n) is 14.1. The van der Waals surface area contributed by atoms with E-state index in [1.807, 2.05) is 4.90 Å². The zero-order valence-corrected chi connectivity index (χ0v) is 14.1. The number of hydrogen-bond donors (Lipinski definition) is 1. The third-order valence-corrected chi connectivity index (χ3v) is 4.34. The molecule has 1 saturated heterocycles. The predicted molar refractivity (Wildman–Crippen MR) is 92.5 cm³/mol. The standard InChI is InChI=1S/C17H18FN3O5/c1-2-26-17(25)20-7-5-19(6-8-20)11-3-4-12-14(9-11)21(18)10-13(15(12)22)16(23)24/h3-4,9-10H,2,5-8H2,1H3,(H,23,24). The molecule has 1 fully saturated rings. The third kappa shape index (κ3) is 3.19. The number of pyridine rings is 1. The van der Waals surface area contributed by atoms with Gasteiger partial charge in [0.2, 0.25) is 5.43 Å². The first-order valence-electron chi connectivity index (χ1n) is 8.18. The number of halogens is 1. The number of fused-ring (bicyclic) bond motifs is 1. The smallest absolute Gasteiger partial charge is 0.409 e. The second-order valence-electron chi connectivity index (χ2n) is 5.86. The average molecular weight is 363 g/mol. The number of benzene rings is 1. The van der Waals surface area contributed by atoms with E-state index in [1.54, 1.807) is 17.9 Å². The van der Waals surface area contributed by atoms with Gasteiger partial charge >= 0.3 is 12.1 Å². The highest BCUT2D eigenvalue weighted by Gasteiger charge is 2.23. The van der Waals surface area contributed by atoms with Gasteiger partial charge in [0.25, 0.3) is 0 Å². The Hall–Kier alpha value is -3.10. The van der Waals surface area contributed by atoms with Crippen molar-refractivity contribution in [1.82, 2.24) is 9.69 Å². The molecule has 9 heteroatoms. The van der Waals surface area contributed by atoms with Gasteiger partial charge in [0.1, 0.15) is 5.56 Å². The molecule has 0 radical (unpaired) electrons. The molecule has 1 N–H and O–H groups in total. The van der Waals surface area contributed by atoms with Crippen LogP contribution in [-0.2, 0) is 4.74 Å². The van der Waals surface area contributed by atoms with Crippen LogP contribution in [0, 0.1) is 0 Å². The SMILES string of the molecule is CCOC(=O)N1CCN(c2ccc3c(=O)c(C(=O)O)cn(F)c3c2)CC1. The first kappa shape index (κ1) is 17.7. The first-order valence-corrected chi connectivity index (χ1v) is 8.18. The predicted octanol–water partition coefficient (Wildman–Crippen LogP) is 1.71. The summed E-state index contributed by atoms with van der Waals surface area (Å²) in [6.07, 6.45) is 0.319. The Morgan fingerprint density at radius 2 is 1.92 bits per heavy atom. The lowest BCUT2D eigenvalue weighted by Crippen LogP contribution is -2.49. The largest absolute Gasteiger partial charge is 0.477 e. The van der Waals surface area contributed by atoms with Crippen LogP contribution in [0.4, 0.5) is 15.0 Å². The molecule has 0 spiro atoms. The molecule has 1 aromatic heterocycles. The molecule has 1 aliphatic heterocycles. The highest BCUT2D eigenvalue weighted by Crippen LogP contribution is 2.22. The third-order valence-electron chi connectivity index (χ3n) is 4.34. The highest BCUT2D eigenvalue weighted by atomic mass is 19.2. The average Bonchev–Trinajstić information content (AvgIpc) is 2.64. The molecule has 0 unspecified atom stereocenters. The second-order valence-corrected chi connectivity index (χ2v) is 5.86. The molecule has 8 nitrogen and oxygen atoms in total. The second kappa shape index (κ2) is 7.03. The van der Waals surface area contributed by atoms with E-state index in [1.165, 1.54) is 12.1 Å². The van der Waals surface area contributed by atoms with Crippen LogP contribution in [0.25, 0.3) is 10.9 Å². The molecule has 0 aliphatic carbocycles. The Morgan fingerprint density at radius 3 is 2.54 bits per heavy atom. The molecule has 1 amide bonds. The normalized spacial score (nSPS) is 14.5. The van der Waals surface area contributed by atoms with Crippen molar-refractivity contribution < 1.29 is 23.9 Å². The quantitative estimate of drug-likeness (QED) is 0.893. The van der Waals surface area contributed by atoms with Crippen LogP contribution in [0.15, 0.2) is 29.2 Å². The van der Waals surface area contributed by atoms with E-state index in [4.69, 9.17) is 9.84 Å². The number of nitrogens with zero attached hydrogens (tertiary/aromatic N) is 3. The fourth-order valence-electron chi connectivity index (χ4n) is 2.99. The molecule has 1 aromatic carbocycles. The Kier molecular flexibility index (Phi) is 4.79. The van der Waals surface area contributed by atoms with E-state index in [0.717, 1.165) is 0 Å². The lowest BCUT2D eigenvalue weighted by molar-refractivity contribution is 0.0693. The van der Waals surface area contributed by atoms with E-state index in [0.29, 0.717) is 44.7 Å². The van der Waals surface area contributed by atoms with Crippen LogP contribution in [0.1, 0.15) is 17.3 Å². The summed E-state index contributed by atoms with van der Waals surface area (Å²) in [5, 5.41) is 8.99. The van der Waals surface area contributed by atoms with E-state index in [-0.39, 0.29) is 21.8 Å².